The first kappa shape index (κ1) is 18.6. The number of hydrogen-bond donors (Lipinski definition) is 0. The van der Waals surface area contributed by atoms with E-state index in [2.05, 4.69) is 31.9 Å². The number of rotatable bonds is 8. The third-order valence-electron chi connectivity index (χ3n) is 3.88. The molecule has 0 atom stereocenters. The van der Waals surface area contributed by atoms with Crippen LogP contribution in [0, 0.1) is 0 Å². The maximum absolute atomic E-state index is 12.5. The largest absolute Gasteiger partial charge is 0.490 e. The summed E-state index contributed by atoms with van der Waals surface area (Å²) >= 11 is 6.81. The zero-order chi connectivity index (χ0) is 17.8. The third kappa shape index (κ3) is 4.14. The average Bonchev–Trinajstić information content (AvgIpc) is 2.97. The monoisotopic (exact) mass is 468 g/mol. The molecule has 0 saturated heterocycles. The quantitative estimate of drug-likeness (QED) is 0.526. The van der Waals surface area contributed by atoms with Crippen molar-refractivity contribution in [1.82, 2.24) is 0 Å². The maximum Gasteiger partial charge on any atom is 0.200 e. The highest BCUT2D eigenvalue weighted by Gasteiger charge is 2.32. The summed E-state index contributed by atoms with van der Waals surface area (Å²) < 4.78 is 18.1. The van der Waals surface area contributed by atoms with Crippen LogP contribution in [0.2, 0.25) is 0 Å². The Morgan fingerprint density at radius 2 is 1.76 bits per heavy atom. The Morgan fingerprint density at radius 3 is 2.56 bits per heavy atom. The lowest BCUT2D eigenvalue weighted by Crippen LogP contribution is -2.13. The smallest absolute Gasteiger partial charge is 0.200 e. The summed E-state index contributed by atoms with van der Waals surface area (Å²) in [7, 11) is 0. The van der Waals surface area contributed by atoms with Crippen LogP contribution in [0.5, 0.6) is 0 Å². The molecule has 6 heteroatoms. The van der Waals surface area contributed by atoms with Gasteiger partial charge in [-0.05, 0) is 58.3 Å². The Morgan fingerprint density at radius 1 is 1.00 bits per heavy atom. The lowest BCUT2D eigenvalue weighted by molar-refractivity contribution is -0.111. The highest BCUT2D eigenvalue weighted by Crippen LogP contribution is 2.44. The minimum absolute atomic E-state index is 0.0253. The van der Waals surface area contributed by atoms with Crippen LogP contribution in [-0.2, 0) is 19.0 Å². The Bertz CT molecular complexity index is 778. The number of halogens is 2. The van der Waals surface area contributed by atoms with Crippen LogP contribution in [-0.4, -0.2) is 38.8 Å². The highest BCUT2D eigenvalue weighted by molar-refractivity contribution is 9.12. The Balaban J connectivity index is 1.74. The van der Waals surface area contributed by atoms with Gasteiger partial charge in [-0.3, -0.25) is 4.79 Å². The van der Waals surface area contributed by atoms with Crippen molar-refractivity contribution >= 4 is 49.3 Å². The summed E-state index contributed by atoms with van der Waals surface area (Å²) in [5, 5.41) is 0. The standard InChI is InChI=1S/C19H18Br2O4/c1-2-23-5-6-24-7-8-25-17-11-16(21)19(22)15-10-12-9-13(20)3-4-14(12)18(15)17/h3-4,9-11H,2,5-8H2,1H3. The van der Waals surface area contributed by atoms with E-state index in [-0.39, 0.29) is 5.78 Å². The fourth-order valence-corrected chi connectivity index (χ4v) is 3.57. The minimum Gasteiger partial charge on any atom is -0.490 e. The van der Waals surface area contributed by atoms with E-state index in [1.54, 1.807) is 6.08 Å². The molecule has 1 aromatic carbocycles. The second-order valence-corrected chi connectivity index (χ2v) is 7.28. The number of Topliss-reactive ketones (excluding diaryl/α,β-unsaturated/α-hetero) is 1. The highest BCUT2D eigenvalue weighted by atomic mass is 79.9. The van der Waals surface area contributed by atoms with Gasteiger partial charge >= 0.3 is 0 Å². The van der Waals surface area contributed by atoms with E-state index in [0.29, 0.717) is 48.8 Å². The van der Waals surface area contributed by atoms with Gasteiger partial charge in [0.25, 0.3) is 0 Å². The number of ketones is 1. The molecule has 0 N–H and O–H groups in total. The van der Waals surface area contributed by atoms with E-state index in [0.717, 1.165) is 21.2 Å². The normalized spacial score (nSPS) is 15.7. The summed E-state index contributed by atoms with van der Waals surface area (Å²) in [5.74, 6) is 0.662. The molecular weight excluding hydrogens is 452 g/mol. The molecular formula is C19H18Br2O4. The summed E-state index contributed by atoms with van der Waals surface area (Å²) in [6.45, 7) is 4.65. The lowest BCUT2D eigenvalue weighted by atomic mass is 9.95. The van der Waals surface area contributed by atoms with E-state index < -0.39 is 0 Å². The first-order chi connectivity index (χ1) is 12.1. The van der Waals surface area contributed by atoms with Gasteiger partial charge in [-0.1, -0.05) is 22.0 Å². The van der Waals surface area contributed by atoms with Crippen molar-refractivity contribution in [3.05, 3.63) is 55.7 Å². The summed E-state index contributed by atoms with van der Waals surface area (Å²) in [4.78, 5) is 12.5. The molecule has 132 valence electrons. The second-order valence-electron chi connectivity index (χ2n) is 5.51. The van der Waals surface area contributed by atoms with E-state index in [9.17, 15) is 4.79 Å². The number of allylic oxidation sites excluding steroid dienone is 4. The van der Waals surface area contributed by atoms with Crippen LogP contribution in [0.4, 0.5) is 0 Å². The molecule has 2 aliphatic rings. The molecule has 0 radical (unpaired) electrons. The van der Waals surface area contributed by atoms with E-state index >= 15 is 0 Å². The topological polar surface area (TPSA) is 44.8 Å². The summed E-state index contributed by atoms with van der Waals surface area (Å²) in [6.07, 6.45) is 3.65. The molecule has 0 spiro atoms. The number of carbonyl (C=O) groups is 1. The number of fused-ring (bicyclic) bond motifs is 3. The van der Waals surface area contributed by atoms with Gasteiger partial charge in [0.1, 0.15) is 12.4 Å². The fraction of sp³-hybridized carbons (Fsp3) is 0.316. The first-order valence-electron chi connectivity index (χ1n) is 8.08. The molecule has 2 aliphatic carbocycles. The fourth-order valence-electron chi connectivity index (χ4n) is 2.77. The average molecular weight is 470 g/mol. The molecule has 0 heterocycles. The second kappa shape index (κ2) is 8.45. The van der Waals surface area contributed by atoms with Gasteiger partial charge in [-0.2, -0.15) is 0 Å². The summed E-state index contributed by atoms with van der Waals surface area (Å²) in [6, 6.07) is 5.97. The van der Waals surface area contributed by atoms with Crippen molar-refractivity contribution in [3.63, 3.8) is 0 Å². The Hall–Kier alpha value is -1.21. The molecule has 0 unspecified atom stereocenters. The van der Waals surface area contributed by atoms with Crippen LogP contribution < -0.4 is 0 Å². The Kier molecular flexibility index (Phi) is 6.28. The van der Waals surface area contributed by atoms with E-state index in [1.165, 1.54) is 0 Å². The van der Waals surface area contributed by atoms with Crippen molar-refractivity contribution in [3.8, 4) is 0 Å². The lowest BCUT2D eigenvalue weighted by Gasteiger charge is -2.18. The number of carbonyl (C=O) groups excluding carboxylic acids is 1. The molecule has 0 aromatic heterocycles. The van der Waals surface area contributed by atoms with Crippen molar-refractivity contribution in [1.29, 1.82) is 0 Å². The van der Waals surface area contributed by atoms with Crippen LogP contribution >= 0.6 is 31.9 Å². The molecule has 25 heavy (non-hydrogen) atoms. The van der Waals surface area contributed by atoms with Crippen molar-refractivity contribution in [2.24, 2.45) is 0 Å². The van der Waals surface area contributed by atoms with Gasteiger partial charge < -0.3 is 14.2 Å². The molecule has 0 aliphatic heterocycles. The van der Waals surface area contributed by atoms with Gasteiger partial charge in [0.15, 0.2) is 0 Å². The molecule has 0 saturated carbocycles. The van der Waals surface area contributed by atoms with Gasteiger partial charge in [0.2, 0.25) is 5.78 Å². The molecule has 0 bridgehead atoms. The van der Waals surface area contributed by atoms with Crippen molar-refractivity contribution < 1.29 is 19.0 Å². The molecule has 4 nitrogen and oxygen atoms in total. The van der Waals surface area contributed by atoms with Crippen LogP contribution in [0.25, 0.3) is 11.6 Å². The number of ether oxygens (including phenoxy) is 3. The van der Waals surface area contributed by atoms with E-state index in [1.807, 2.05) is 31.2 Å². The van der Waals surface area contributed by atoms with Crippen LogP contribution in [0.1, 0.15) is 18.1 Å². The predicted octanol–water partition coefficient (Wildman–Crippen LogP) is 4.49. The molecule has 0 amide bonds. The van der Waals surface area contributed by atoms with E-state index in [4.69, 9.17) is 14.2 Å². The Labute approximate surface area is 163 Å². The molecule has 1 aromatic rings. The minimum atomic E-state index is -0.0253. The van der Waals surface area contributed by atoms with Crippen LogP contribution in [0.3, 0.4) is 0 Å². The number of hydrogen-bond acceptors (Lipinski definition) is 4. The van der Waals surface area contributed by atoms with Crippen molar-refractivity contribution in [2.45, 2.75) is 6.92 Å². The third-order valence-corrected chi connectivity index (χ3v) is 4.96. The first-order valence-corrected chi connectivity index (χ1v) is 9.67. The molecule has 3 rings (SSSR count). The zero-order valence-corrected chi connectivity index (χ0v) is 17.0. The van der Waals surface area contributed by atoms with Crippen LogP contribution in [0.15, 0.2) is 44.6 Å². The predicted molar refractivity (Wildman–Crippen MR) is 104 cm³/mol. The SMILES string of the molecule is CCOCCOCCOC1=C2C(=Cc3cc(Br)ccc32)C(=O)C(Br)=C1. The van der Waals surface area contributed by atoms with Crippen molar-refractivity contribution in [2.75, 3.05) is 33.0 Å². The number of benzene rings is 1. The maximum atomic E-state index is 12.5. The van der Waals surface area contributed by atoms with Gasteiger partial charge in [0.05, 0.1) is 24.3 Å². The van der Waals surface area contributed by atoms with Gasteiger partial charge in [-0.15, -0.1) is 0 Å². The molecule has 0 fully saturated rings. The summed E-state index contributed by atoms with van der Waals surface area (Å²) in [5.41, 5.74) is 3.53. The van der Waals surface area contributed by atoms with Gasteiger partial charge in [0, 0.05) is 22.2 Å². The van der Waals surface area contributed by atoms with Gasteiger partial charge in [-0.25, -0.2) is 0 Å². The zero-order valence-electron chi connectivity index (χ0n) is 13.8.